The number of rotatable bonds is 9. The Morgan fingerprint density at radius 1 is 0.682 bits per heavy atom. The van der Waals surface area contributed by atoms with Crippen LogP contribution in [0, 0.1) is 0 Å². The molecular formula is C3H9NNa3O12P3. The zero-order valence-corrected chi connectivity index (χ0v) is 20.6. The van der Waals surface area contributed by atoms with Gasteiger partial charge in [-0.1, -0.05) is 0 Å². The van der Waals surface area contributed by atoms with Gasteiger partial charge in [-0.3, -0.25) is 13.7 Å². The third-order valence-electron chi connectivity index (χ3n) is 1.21. The van der Waals surface area contributed by atoms with Crippen LogP contribution in [0.5, 0.6) is 0 Å². The first-order valence-corrected chi connectivity index (χ1v) is 8.54. The first-order chi connectivity index (χ1) is 8.29. The minimum Gasteiger partial charge on any atom is -0.756 e. The van der Waals surface area contributed by atoms with Gasteiger partial charge in [0.1, 0.15) is 20.2 Å². The van der Waals surface area contributed by atoms with Crippen LogP contribution in [0.2, 0.25) is 0 Å². The maximum Gasteiger partial charge on any atom is 1.00 e. The Kier molecular flexibility index (Phi) is 21.5. The van der Waals surface area contributed by atoms with Gasteiger partial charge in [0.05, 0.1) is 0 Å². The van der Waals surface area contributed by atoms with Crippen LogP contribution >= 0.6 is 23.5 Å². The summed E-state index contributed by atoms with van der Waals surface area (Å²) in [5.41, 5.74) is 0. The molecule has 13 nitrogen and oxygen atoms in total. The van der Waals surface area contributed by atoms with Gasteiger partial charge in [-0.15, -0.1) is 0 Å². The Balaban J connectivity index is -0.000000540. The second-order valence-electron chi connectivity index (χ2n) is 2.85. The minimum atomic E-state index is -5.17. The molecule has 0 amide bonds. The maximum absolute atomic E-state index is 10.3. The molecule has 0 aliphatic rings. The van der Waals surface area contributed by atoms with Gasteiger partial charge >= 0.3 is 88.7 Å². The fourth-order valence-electron chi connectivity index (χ4n) is 0.576. The van der Waals surface area contributed by atoms with Gasteiger partial charge in [0.2, 0.25) is 0 Å². The van der Waals surface area contributed by atoms with Crippen LogP contribution in [0.3, 0.4) is 0 Å². The van der Waals surface area contributed by atoms with Gasteiger partial charge in [0.25, 0.3) is 23.5 Å². The van der Waals surface area contributed by atoms with Crippen LogP contribution in [0.4, 0.5) is 0 Å². The number of hydrogen-bond donors (Lipinski definition) is 3. The van der Waals surface area contributed by atoms with Crippen molar-refractivity contribution in [3.8, 4) is 0 Å². The maximum atomic E-state index is 10.3. The van der Waals surface area contributed by atoms with Gasteiger partial charge in [-0.25, -0.2) is 4.90 Å². The predicted molar refractivity (Wildman–Crippen MR) is 49.2 cm³/mol. The number of phosphoric ester groups is 3. The van der Waals surface area contributed by atoms with E-state index >= 15 is 0 Å². The molecule has 19 heteroatoms. The molecule has 0 saturated heterocycles. The molecule has 3 unspecified atom stereocenters. The molecule has 0 saturated carbocycles. The molecule has 22 heavy (non-hydrogen) atoms. The van der Waals surface area contributed by atoms with Crippen LogP contribution in [-0.2, 0) is 27.3 Å². The van der Waals surface area contributed by atoms with Crippen molar-refractivity contribution in [2.24, 2.45) is 0 Å². The van der Waals surface area contributed by atoms with Crippen molar-refractivity contribution in [1.82, 2.24) is 4.90 Å². The first-order valence-electron chi connectivity index (χ1n) is 4.06. The predicted octanol–water partition coefficient (Wildman–Crippen LogP) is -12.4. The average Bonchev–Trinajstić information content (AvgIpc) is 2.11. The third kappa shape index (κ3) is 25.5. The molecule has 0 aliphatic heterocycles. The summed E-state index contributed by atoms with van der Waals surface area (Å²) >= 11 is 0. The van der Waals surface area contributed by atoms with Gasteiger partial charge < -0.3 is 42.9 Å². The fraction of sp³-hybridized carbons (Fsp3) is 1.00. The number of nitrogens with zero attached hydrogens (tertiary/aromatic N) is 1. The van der Waals surface area contributed by atoms with E-state index in [4.69, 9.17) is 14.7 Å². The van der Waals surface area contributed by atoms with Gasteiger partial charge in [0.15, 0.2) is 0 Å². The molecule has 0 rings (SSSR count). The Hall–Kier alpha value is 3.29. The SMILES string of the molecule is O=P([O-])(O)OCN(COP(=O)([O-])O)COP(=O)([O-])O.[Na+].[Na+].[Na+]. The summed E-state index contributed by atoms with van der Waals surface area (Å²) in [5.74, 6) is 0. The Bertz CT molecular complexity index is 355. The Labute approximate surface area is 191 Å². The number of hydrogen-bond acceptors (Lipinski definition) is 10. The fourth-order valence-corrected chi connectivity index (χ4v) is 1.50. The van der Waals surface area contributed by atoms with E-state index in [1.807, 2.05) is 0 Å². The first kappa shape index (κ1) is 32.9. The van der Waals surface area contributed by atoms with Crippen LogP contribution in [0.15, 0.2) is 0 Å². The summed E-state index contributed by atoms with van der Waals surface area (Å²) in [6.45, 7) is -3.22. The second-order valence-corrected chi connectivity index (χ2v) is 6.44. The topological polar surface area (TPSA) is 212 Å². The average molecular weight is 413 g/mol. The minimum absolute atomic E-state index is 0. The van der Waals surface area contributed by atoms with E-state index in [0.29, 0.717) is 4.90 Å². The molecule has 0 aromatic heterocycles. The van der Waals surface area contributed by atoms with Crippen molar-refractivity contribution in [2.75, 3.05) is 20.2 Å². The summed E-state index contributed by atoms with van der Waals surface area (Å²) in [6.07, 6.45) is 0. The van der Waals surface area contributed by atoms with Crippen LogP contribution < -0.4 is 103 Å². The third-order valence-corrected chi connectivity index (χ3v) is 2.54. The smallest absolute Gasteiger partial charge is 0.756 e. The van der Waals surface area contributed by atoms with Crippen molar-refractivity contribution in [1.29, 1.82) is 0 Å². The van der Waals surface area contributed by atoms with Crippen molar-refractivity contribution < 1.29 is 145 Å². The summed E-state index contributed by atoms with van der Waals surface area (Å²) < 4.78 is 42.2. The van der Waals surface area contributed by atoms with Gasteiger partial charge in [-0.2, -0.15) is 0 Å². The van der Waals surface area contributed by atoms with E-state index in [0.717, 1.165) is 0 Å². The van der Waals surface area contributed by atoms with Crippen molar-refractivity contribution in [3.63, 3.8) is 0 Å². The summed E-state index contributed by atoms with van der Waals surface area (Å²) in [5, 5.41) is 0. The molecule has 0 aliphatic carbocycles. The molecular weight excluding hydrogens is 404 g/mol. The zero-order chi connectivity index (χ0) is 15.3. The van der Waals surface area contributed by atoms with E-state index in [9.17, 15) is 28.4 Å². The molecule has 0 radical (unpaired) electrons. The monoisotopic (exact) mass is 413 g/mol. The van der Waals surface area contributed by atoms with Crippen LogP contribution in [0.1, 0.15) is 0 Å². The Morgan fingerprint density at radius 2 is 0.864 bits per heavy atom. The zero-order valence-electron chi connectivity index (χ0n) is 11.9. The molecule has 0 aromatic rings. The number of phosphoric acid groups is 3. The molecule has 3 atom stereocenters. The van der Waals surface area contributed by atoms with Crippen molar-refractivity contribution in [3.05, 3.63) is 0 Å². The van der Waals surface area contributed by atoms with Crippen LogP contribution in [0.25, 0.3) is 0 Å². The molecule has 0 spiro atoms. The standard InChI is InChI=1S/C3H12NO12P3.3Na/c5-17(6,7)14-1-4(2-15-18(8,9)10)3-16-19(11,12)13;;;/h1-3H2,(H2,5,6,7)(H2,8,9,10)(H2,11,12,13);;;/q;3*+1/p-3. The van der Waals surface area contributed by atoms with Crippen LogP contribution in [-0.4, -0.2) is 39.8 Å². The second kappa shape index (κ2) is 14.4. The Morgan fingerprint density at radius 3 is 1.00 bits per heavy atom. The summed E-state index contributed by atoms with van der Waals surface area (Å²) in [4.78, 5) is 56.0. The van der Waals surface area contributed by atoms with Gasteiger partial charge in [0, 0.05) is 0 Å². The van der Waals surface area contributed by atoms with Gasteiger partial charge in [-0.05, 0) is 0 Å². The molecule has 116 valence electrons. The molecule has 0 fully saturated rings. The van der Waals surface area contributed by atoms with E-state index in [1.54, 1.807) is 0 Å². The van der Waals surface area contributed by atoms with E-state index in [2.05, 4.69) is 13.6 Å². The molecule has 0 aromatic carbocycles. The van der Waals surface area contributed by atoms with E-state index in [-0.39, 0.29) is 88.7 Å². The normalized spacial score (nSPS) is 18.7. The van der Waals surface area contributed by atoms with E-state index in [1.165, 1.54) is 0 Å². The van der Waals surface area contributed by atoms with E-state index < -0.39 is 43.7 Å². The summed E-state index contributed by atoms with van der Waals surface area (Å²) in [7, 11) is -15.5. The van der Waals surface area contributed by atoms with Crippen molar-refractivity contribution >= 4 is 23.5 Å². The quantitative estimate of drug-likeness (QED) is 0.182. The van der Waals surface area contributed by atoms with Crippen molar-refractivity contribution in [2.45, 2.75) is 0 Å². The summed E-state index contributed by atoms with van der Waals surface area (Å²) in [6, 6.07) is 0. The molecule has 0 bridgehead atoms. The largest absolute Gasteiger partial charge is 1.00 e. The molecule has 3 N–H and O–H groups in total. The molecule has 0 heterocycles.